The predicted octanol–water partition coefficient (Wildman–Crippen LogP) is 2.84. The lowest BCUT2D eigenvalue weighted by Crippen LogP contribution is -2.46. The molecule has 152 valence electrons. The lowest BCUT2D eigenvalue weighted by molar-refractivity contribution is 0.354. The van der Waals surface area contributed by atoms with Crippen molar-refractivity contribution < 1.29 is 13.7 Å². The van der Waals surface area contributed by atoms with Crippen LogP contribution < -0.4 is 20.1 Å². The first-order valence-electron chi connectivity index (χ1n) is 9.74. The van der Waals surface area contributed by atoms with Crippen LogP contribution >= 0.6 is 0 Å². The highest BCUT2D eigenvalue weighted by molar-refractivity contribution is 7.85. The van der Waals surface area contributed by atoms with E-state index in [0.29, 0.717) is 29.3 Å². The van der Waals surface area contributed by atoms with Crippen molar-refractivity contribution in [2.75, 3.05) is 26.5 Å². The molecule has 2 rings (SSSR count). The van der Waals surface area contributed by atoms with Gasteiger partial charge in [-0.1, -0.05) is 19.4 Å². The molecular weight excluding hydrogens is 362 g/mol. The summed E-state index contributed by atoms with van der Waals surface area (Å²) < 4.78 is 22.8. The van der Waals surface area contributed by atoms with Crippen LogP contribution in [0.4, 0.5) is 0 Å². The van der Waals surface area contributed by atoms with Crippen LogP contribution in [-0.4, -0.2) is 48.0 Å². The number of methoxy groups -OCH3 is 2. The first-order valence-corrected chi connectivity index (χ1v) is 11.1. The molecule has 1 aliphatic rings. The summed E-state index contributed by atoms with van der Waals surface area (Å²) >= 11 is 0. The lowest BCUT2D eigenvalue weighted by atomic mass is 9.95. The molecule has 3 unspecified atom stereocenters. The number of guanidine groups is 1. The van der Waals surface area contributed by atoms with Gasteiger partial charge in [0.05, 0.1) is 20.8 Å². The van der Waals surface area contributed by atoms with Crippen LogP contribution in [0.25, 0.3) is 0 Å². The Bertz CT molecular complexity index is 651. The predicted molar refractivity (Wildman–Crippen MR) is 112 cm³/mol. The normalized spacial score (nSPS) is 21.4. The molecule has 1 fully saturated rings. The number of aliphatic imine (C=N–C) groups is 1. The Kier molecular flexibility index (Phi) is 8.91. The zero-order valence-electron chi connectivity index (χ0n) is 16.9. The topological polar surface area (TPSA) is 72.0 Å². The quantitative estimate of drug-likeness (QED) is 0.523. The molecule has 1 aromatic carbocycles. The number of rotatable bonds is 8. The molecule has 7 heteroatoms. The Morgan fingerprint density at radius 1 is 1.22 bits per heavy atom. The van der Waals surface area contributed by atoms with Crippen molar-refractivity contribution in [3.63, 3.8) is 0 Å². The van der Waals surface area contributed by atoms with Gasteiger partial charge in [0.2, 0.25) is 0 Å². The second kappa shape index (κ2) is 11.2. The van der Waals surface area contributed by atoms with Crippen LogP contribution in [0, 0.1) is 0 Å². The van der Waals surface area contributed by atoms with Crippen molar-refractivity contribution in [1.29, 1.82) is 0 Å². The summed E-state index contributed by atoms with van der Waals surface area (Å²) in [5.41, 5.74) is 1.05. The van der Waals surface area contributed by atoms with Crippen molar-refractivity contribution in [3.8, 4) is 11.5 Å². The average molecular weight is 396 g/mol. The van der Waals surface area contributed by atoms with Gasteiger partial charge in [0, 0.05) is 34.4 Å². The number of hydrogen-bond acceptors (Lipinski definition) is 4. The van der Waals surface area contributed by atoms with Gasteiger partial charge in [-0.3, -0.25) is 4.21 Å². The molecule has 0 radical (unpaired) electrons. The highest BCUT2D eigenvalue weighted by Crippen LogP contribution is 2.28. The summed E-state index contributed by atoms with van der Waals surface area (Å²) in [7, 11) is 2.55. The summed E-state index contributed by atoms with van der Waals surface area (Å²) in [4.78, 5) is 4.72. The highest BCUT2D eigenvalue weighted by atomic mass is 32.2. The van der Waals surface area contributed by atoms with E-state index in [1.165, 1.54) is 0 Å². The third-order valence-corrected chi connectivity index (χ3v) is 6.58. The summed E-state index contributed by atoms with van der Waals surface area (Å²) in [6.07, 6.45) is 4.22. The Balaban J connectivity index is 2.02. The van der Waals surface area contributed by atoms with E-state index in [2.05, 4.69) is 17.6 Å². The van der Waals surface area contributed by atoms with E-state index in [1.807, 2.05) is 25.1 Å². The molecule has 0 heterocycles. The van der Waals surface area contributed by atoms with Crippen molar-refractivity contribution >= 4 is 16.8 Å². The molecule has 3 atom stereocenters. The molecule has 0 bridgehead atoms. The van der Waals surface area contributed by atoms with Crippen molar-refractivity contribution in [2.24, 2.45) is 4.99 Å². The third kappa shape index (κ3) is 6.41. The zero-order chi connectivity index (χ0) is 19.6. The second-order valence-electron chi connectivity index (χ2n) is 6.68. The molecule has 1 aliphatic carbocycles. The maximum atomic E-state index is 12.2. The Hall–Kier alpha value is -1.76. The van der Waals surface area contributed by atoms with Crippen molar-refractivity contribution in [2.45, 2.75) is 57.4 Å². The van der Waals surface area contributed by atoms with E-state index in [1.54, 1.807) is 14.2 Å². The smallest absolute Gasteiger partial charge is 0.191 e. The minimum atomic E-state index is -0.719. The number of benzene rings is 1. The van der Waals surface area contributed by atoms with E-state index in [4.69, 9.17) is 14.5 Å². The zero-order valence-corrected chi connectivity index (χ0v) is 17.7. The van der Waals surface area contributed by atoms with Crippen LogP contribution in [0.15, 0.2) is 23.2 Å². The molecule has 1 saturated carbocycles. The fourth-order valence-corrected chi connectivity index (χ4v) is 4.76. The molecule has 1 aromatic rings. The van der Waals surface area contributed by atoms with Gasteiger partial charge in [-0.2, -0.15) is 0 Å². The molecule has 27 heavy (non-hydrogen) atoms. The van der Waals surface area contributed by atoms with Gasteiger partial charge in [-0.15, -0.1) is 0 Å². The molecule has 0 saturated heterocycles. The molecule has 0 spiro atoms. The first-order chi connectivity index (χ1) is 13.1. The summed E-state index contributed by atoms with van der Waals surface area (Å²) in [5, 5.41) is 7.15. The van der Waals surface area contributed by atoms with Crippen molar-refractivity contribution in [1.82, 2.24) is 10.6 Å². The Labute approximate surface area is 165 Å². The van der Waals surface area contributed by atoms with Gasteiger partial charge in [0.1, 0.15) is 0 Å². The maximum Gasteiger partial charge on any atom is 0.191 e. The van der Waals surface area contributed by atoms with Crippen LogP contribution in [-0.2, 0) is 17.3 Å². The minimum absolute atomic E-state index is 0.301. The second-order valence-corrected chi connectivity index (χ2v) is 8.69. The van der Waals surface area contributed by atoms with E-state index < -0.39 is 10.8 Å². The van der Waals surface area contributed by atoms with Crippen LogP contribution in [0.2, 0.25) is 0 Å². The Morgan fingerprint density at radius 2 is 2.00 bits per heavy atom. The largest absolute Gasteiger partial charge is 0.493 e. The number of nitrogens with one attached hydrogen (secondary N) is 2. The fourth-order valence-electron chi connectivity index (χ4n) is 3.41. The third-order valence-electron chi connectivity index (χ3n) is 4.84. The van der Waals surface area contributed by atoms with Crippen LogP contribution in [0.1, 0.15) is 45.1 Å². The van der Waals surface area contributed by atoms with Gasteiger partial charge in [-0.25, -0.2) is 4.99 Å². The first kappa shape index (κ1) is 21.5. The van der Waals surface area contributed by atoms with Gasteiger partial charge < -0.3 is 20.1 Å². The Morgan fingerprint density at radius 3 is 2.67 bits per heavy atom. The molecule has 0 amide bonds. The molecule has 0 aliphatic heterocycles. The number of nitrogens with zero attached hydrogens (tertiary/aromatic N) is 1. The van der Waals surface area contributed by atoms with E-state index >= 15 is 0 Å². The summed E-state index contributed by atoms with van der Waals surface area (Å²) in [6, 6.07) is 6.17. The van der Waals surface area contributed by atoms with Crippen molar-refractivity contribution in [3.05, 3.63) is 23.8 Å². The minimum Gasteiger partial charge on any atom is -0.493 e. The summed E-state index contributed by atoms with van der Waals surface area (Å²) in [5.74, 6) is 2.97. The van der Waals surface area contributed by atoms with Crippen LogP contribution in [0.5, 0.6) is 11.5 Å². The molecular formula is C20H33N3O3S. The van der Waals surface area contributed by atoms with E-state index in [-0.39, 0.29) is 0 Å². The molecule has 0 aromatic heterocycles. The van der Waals surface area contributed by atoms with Gasteiger partial charge in [-0.05, 0) is 43.9 Å². The van der Waals surface area contributed by atoms with Gasteiger partial charge >= 0.3 is 0 Å². The van der Waals surface area contributed by atoms with E-state index in [0.717, 1.165) is 49.5 Å². The fraction of sp³-hybridized carbons (Fsp3) is 0.650. The van der Waals surface area contributed by atoms with Gasteiger partial charge in [0.15, 0.2) is 17.5 Å². The van der Waals surface area contributed by atoms with E-state index in [9.17, 15) is 4.21 Å². The monoisotopic (exact) mass is 395 g/mol. The maximum absolute atomic E-state index is 12.2. The molecule has 6 nitrogen and oxygen atoms in total. The number of hydrogen-bond donors (Lipinski definition) is 2. The lowest BCUT2D eigenvalue weighted by Gasteiger charge is -2.30. The number of ether oxygens (including phenoxy) is 2. The SMILES string of the molecule is CCNC(=NCc1ccc(OC)c(OC)c1)NC1CCCC(S(=O)CC)C1. The standard InChI is InChI=1S/C20H33N3O3S/c1-5-21-20(23-16-8-7-9-17(13-16)27(24)6-2)22-14-15-10-11-18(25-3)19(12-15)26-4/h10-12,16-17H,5-9,13-14H2,1-4H3,(H2,21,22,23). The van der Waals surface area contributed by atoms with Gasteiger partial charge in [0.25, 0.3) is 0 Å². The highest BCUT2D eigenvalue weighted by Gasteiger charge is 2.26. The van der Waals surface area contributed by atoms with Crippen LogP contribution in [0.3, 0.4) is 0 Å². The molecule has 2 N–H and O–H groups in total. The summed E-state index contributed by atoms with van der Waals surface area (Å²) in [6.45, 7) is 5.41. The average Bonchev–Trinajstić information content (AvgIpc) is 2.71.